The average Bonchev–Trinajstić information content (AvgIpc) is 2.84. The Morgan fingerprint density at radius 3 is 2.35 bits per heavy atom. The van der Waals surface area contributed by atoms with Crippen molar-refractivity contribution in [1.29, 1.82) is 0 Å². The summed E-state index contributed by atoms with van der Waals surface area (Å²) in [6.07, 6.45) is 1.82. The van der Waals surface area contributed by atoms with E-state index in [4.69, 9.17) is 4.74 Å². The van der Waals surface area contributed by atoms with Crippen LogP contribution in [0.15, 0.2) is 53.4 Å². The quantitative estimate of drug-likeness (QED) is 0.586. The molecular weight excluding hydrogens is 452 g/mol. The number of carbonyl (C=O) groups is 2. The topological polar surface area (TPSA) is 84.0 Å². The molecular formula is C26H32N2O5S. The second-order valence-corrected chi connectivity index (χ2v) is 10.9. The van der Waals surface area contributed by atoms with Crippen LogP contribution in [0, 0.1) is 12.8 Å². The number of benzene rings is 2. The number of hydrogen-bond acceptors (Lipinski definition) is 5. The Bertz CT molecular complexity index is 1140. The van der Waals surface area contributed by atoms with E-state index in [0.717, 1.165) is 16.7 Å². The van der Waals surface area contributed by atoms with Gasteiger partial charge in [0, 0.05) is 26.1 Å². The highest BCUT2D eigenvalue weighted by Crippen LogP contribution is 2.37. The van der Waals surface area contributed by atoms with Crippen LogP contribution in [-0.2, 0) is 30.8 Å². The Hall–Kier alpha value is -2.71. The third-order valence-corrected chi connectivity index (χ3v) is 8.75. The molecule has 4 rings (SSSR count). The second-order valence-electron chi connectivity index (χ2n) is 9.00. The lowest BCUT2D eigenvalue weighted by molar-refractivity contribution is -0.151. The summed E-state index contributed by atoms with van der Waals surface area (Å²) in [6, 6.07) is 14.0. The molecule has 1 amide bonds. The lowest BCUT2D eigenvalue weighted by Crippen LogP contribution is -2.45. The molecule has 0 aliphatic carbocycles. The van der Waals surface area contributed by atoms with Crippen molar-refractivity contribution in [3.8, 4) is 0 Å². The molecule has 8 heteroatoms. The summed E-state index contributed by atoms with van der Waals surface area (Å²) in [5.74, 6) is -0.475. The maximum atomic E-state index is 13.6. The van der Waals surface area contributed by atoms with E-state index in [9.17, 15) is 18.0 Å². The van der Waals surface area contributed by atoms with Crippen molar-refractivity contribution in [2.45, 2.75) is 50.5 Å². The number of amides is 1. The number of likely N-dealkylation sites (tertiary alicyclic amines) is 1. The van der Waals surface area contributed by atoms with Gasteiger partial charge in [0.05, 0.1) is 23.5 Å². The molecule has 182 valence electrons. The Kier molecular flexibility index (Phi) is 7.38. The van der Waals surface area contributed by atoms with Crippen LogP contribution in [0.3, 0.4) is 0 Å². The summed E-state index contributed by atoms with van der Waals surface area (Å²) in [4.78, 5) is 27.4. The molecule has 1 saturated heterocycles. The number of sulfonamides is 1. The Labute approximate surface area is 201 Å². The van der Waals surface area contributed by atoms with E-state index in [-0.39, 0.29) is 29.1 Å². The smallest absolute Gasteiger partial charge is 0.309 e. The van der Waals surface area contributed by atoms with E-state index in [1.807, 2.05) is 31.2 Å². The van der Waals surface area contributed by atoms with Crippen molar-refractivity contribution in [1.82, 2.24) is 9.21 Å². The number of fused-ring (bicyclic) bond motifs is 1. The fourth-order valence-corrected chi connectivity index (χ4v) is 6.50. The maximum absolute atomic E-state index is 13.6. The molecule has 2 aromatic carbocycles. The number of hydrogen-bond donors (Lipinski definition) is 0. The van der Waals surface area contributed by atoms with Crippen molar-refractivity contribution in [2.24, 2.45) is 5.92 Å². The minimum absolute atomic E-state index is 0.0756. The number of aryl methyl sites for hydroxylation is 1. The normalized spacial score (nSPS) is 19.5. The van der Waals surface area contributed by atoms with Gasteiger partial charge in [0.2, 0.25) is 15.9 Å². The largest absolute Gasteiger partial charge is 0.466 e. The molecule has 0 radical (unpaired) electrons. The van der Waals surface area contributed by atoms with Crippen molar-refractivity contribution in [3.05, 3.63) is 65.2 Å². The molecule has 2 aliphatic heterocycles. The van der Waals surface area contributed by atoms with E-state index in [1.54, 1.807) is 36.1 Å². The fraction of sp³-hybridized carbons (Fsp3) is 0.462. The van der Waals surface area contributed by atoms with Crippen molar-refractivity contribution in [2.75, 3.05) is 26.2 Å². The zero-order valence-corrected chi connectivity index (χ0v) is 20.6. The third-order valence-electron chi connectivity index (χ3n) is 6.83. The van der Waals surface area contributed by atoms with Crippen molar-refractivity contribution >= 4 is 21.9 Å². The minimum atomic E-state index is -3.77. The zero-order chi connectivity index (χ0) is 24.3. The highest BCUT2D eigenvalue weighted by Gasteiger charge is 2.39. The molecule has 34 heavy (non-hydrogen) atoms. The molecule has 2 aromatic rings. The first-order chi connectivity index (χ1) is 16.3. The van der Waals surface area contributed by atoms with Gasteiger partial charge in [0.1, 0.15) is 0 Å². The minimum Gasteiger partial charge on any atom is -0.466 e. The zero-order valence-electron chi connectivity index (χ0n) is 19.8. The number of nitrogens with zero attached hydrogens (tertiary/aromatic N) is 2. The third kappa shape index (κ3) is 5.03. The van der Waals surface area contributed by atoms with Gasteiger partial charge in [-0.3, -0.25) is 9.59 Å². The molecule has 1 atom stereocenters. The molecule has 0 spiro atoms. The van der Waals surface area contributed by atoms with Crippen molar-refractivity contribution < 1.29 is 22.7 Å². The van der Waals surface area contributed by atoms with Gasteiger partial charge >= 0.3 is 5.97 Å². The van der Waals surface area contributed by atoms with Crippen LogP contribution < -0.4 is 0 Å². The predicted octanol–water partition coefficient (Wildman–Crippen LogP) is 3.47. The fourth-order valence-electron chi connectivity index (χ4n) is 4.89. The summed E-state index contributed by atoms with van der Waals surface area (Å²) in [6.45, 7) is 5.33. The van der Waals surface area contributed by atoms with E-state index in [0.29, 0.717) is 45.5 Å². The molecule has 2 heterocycles. The number of rotatable bonds is 6. The molecule has 0 bridgehead atoms. The lowest BCUT2D eigenvalue weighted by Gasteiger charge is -2.38. The summed E-state index contributed by atoms with van der Waals surface area (Å²) in [5, 5.41) is 0. The van der Waals surface area contributed by atoms with Crippen LogP contribution in [0.4, 0.5) is 0 Å². The number of ether oxygens (including phenoxy) is 1. The van der Waals surface area contributed by atoms with E-state index in [2.05, 4.69) is 0 Å². The van der Waals surface area contributed by atoms with E-state index >= 15 is 0 Å². The van der Waals surface area contributed by atoms with Gasteiger partial charge in [0.25, 0.3) is 0 Å². The first-order valence-electron chi connectivity index (χ1n) is 11.9. The van der Waals surface area contributed by atoms with Crippen molar-refractivity contribution in [3.63, 3.8) is 0 Å². The highest BCUT2D eigenvalue weighted by molar-refractivity contribution is 7.89. The van der Waals surface area contributed by atoms with Crippen LogP contribution in [0.2, 0.25) is 0 Å². The predicted molar refractivity (Wildman–Crippen MR) is 129 cm³/mol. The number of esters is 1. The molecule has 7 nitrogen and oxygen atoms in total. The number of piperidine rings is 1. The SMILES string of the molecule is CCOC(=O)C1CCN(C(=O)CC2c3ccccc3CCN2S(=O)(=O)c2ccc(C)cc2)CC1. The molecule has 2 aliphatic rings. The Balaban J connectivity index is 1.55. The summed E-state index contributed by atoms with van der Waals surface area (Å²) >= 11 is 0. The first kappa shape index (κ1) is 24.4. The second kappa shape index (κ2) is 10.3. The lowest BCUT2D eigenvalue weighted by atomic mass is 9.91. The molecule has 0 aromatic heterocycles. The monoisotopic (exact) mass is 484 g/mol. The summed E-state index contributed by atoms with van der Waals surface area (Å²) < 4.78 is 33.8. The van der Waals surface area contributed by atoms with Gasteiger partial charge in [-0.1, -0.05) is 42.0 Å². The van der Waals surface area contributed by atoms with Crippen LogP contribution in [0.5, 0.6) is 0 Å². The Morgan fingerprint density at radius 2 is 1.68 bits per heavy atom. The molecule has 0 N–H and O–H groups in total. The van der Waals surface area contributed by atoms with Gasteiger partial charge in [-0.2, -0.15) is 4.31 Å². The number of carbonyl (C=O) groups excluding carboxylic acids is 2. The molecule has 1 fully saturated rings. The first-order valence-corrected chi connectivity index (χ1v) is 13.4. The molecule has 0 saturated carbocycles. The summed E-state index contributed by atoms with van der Waals surface area (Å²) in [5.41, 5.74) is 2.96. The van der Waals surface area contributed by atoms with Crippen LogP contribution >= 0.6 is 0 Å². The van der Waals surface area contributed by atoms with Gasteiger partial charge in [0.15, 0.2) is 0 Å². The molecule has 1 unspecified atom stereocenters. The summed E-state index contributed by atoms with van der Waals surface area (Å²) in [7, 11) is -3.77. The average molecular weight is 485 g/mol. The van der Waals surface area contributed by atoms with Crippen LogP contribution in [0.25, 0.3) is 0 Å². The standard InChI is InChI=1S/C26H32N2O5S/c1-3-33-26(30)21-12-15-27(16-13-21)25(29)18-24-23-7-5-4-6-20(23)14-17-28(24)34(31,32)22-10-8-19(2)9-11-22/h4-11,21,24H,3,12-18H2,1-2H3. The van der Waals surface area contributed by atoms with Gasteiger partial charge in [-0.05, 0) is 56.4 Å². The highest BCUT2D eigenvalue weighted by atomic mass is 32.2. The van der Waals surface area contributed by atoms with Gasteiger partial charge in [-0.15, -0.1) is 0 Å². The maximum Gasteiger partial charge on any atom is 0.309 e. The van der Waals surface area contributed by atoms with E-state index < -0.39 is 16.1 Å². The van der Waals surface area contributed by atoms with Crippen LogP contribution in [0.1, 0.15) is 48.9 Å². The van der Waals surface area contributed by atoms with Gasteiger partial charge in [-0.25, -0.2) is 8.42 Å². The Morgan fingerprint density at radius 1 is 1.00 bits per heavy atom. The van der Waals surface area contributed by atoms with E-state index in [1.165, 1.54) is 4.31 Å². The van der Waals surface area contributed by atoms with Gasteiger partial charge < -0.3 is 9.64 Å². The van der Waals surface area contributed by atoms with Crippen LogP contribution in [-0.4, -0.2) is 55.7 Å².